The molecule has 2 atom stereocenters. The predicted octanol–water partition coefficient (Wildman–Crippen LogP) is 4.30. The fourth-order valence-corrected chi connectivity index (χ4v) is 4.23. The molecule has 4 N–H and O–H groups in total. The van der Waals surface area contributed by atoms with Crippen molar-refractivity contribution < 1.29 is 14.2 Å². The molecule has 162 valence electrons. The number of nitrogens with two attached hydrogens (primary N) is 2. The summed E-state index contributed by atoms with van der Waals surface area (Å²) < 4.78 is 17.1. The monoisotopic (exact) mass is 402 g/mol. The molecule has 0 amide bonds. The molecule has 29 heavy (non-hydrogen) atoms. The number of methoxy groups -OCH3 is 2. The second kappa shape index (κ2) is 11.3. The van der Waals surface area contributed by atoms with Crippen LogP contribution in [-0.4, -0.2) is 33.9 Å². The first-order valence-electron chi connectivity index (χ1n) is 10.9. The summed E-state index contributed by atoms with van der Waals surface area (Å²) in [4.78, 5) is 0. The lowest BCUT2D eigenvalue weighted by Gasteiger charge is -2.30. The molecule has 0 aromatic heterocycles. The maximum Gasteiger partial charge on any atom is 0.166 e. The predicted molar refractivity (Wildman–Crippen MR) is 120 cm³/mol. The first kappa shape index (κ1) is 23.3. The number of aryl methyl sites for hydroxylation is 1. The van der Waals surface area contributed by atoms with Gasteiger partial charge in [-0.15, -0.1) is 0 Å². The van der Waals surface area contributed by atoms with Crippen molar-refractivity contribution in [3.8, 4) is 11.5 Å². The normalized spacial score (nSPS) is 22.3. The van der Waals surface area contributed by atoms with Gasteiger partial charge in [0, 0.05) is 5.56 Å². The van der Waals surface area contributed by atoms with E-state index in [9.17, 15) is 0 Å². The molecule has 5 heteroatoms. The van der Waals surface area contributed by atoms with Gasteiger partial charge >= 0.3 is 0 Å². The molecule has 1 saturated carbocycles. The first-order valence-corrected chi connectivity index (χ1v) is 10.9. The van der Waals surface area contributed by atoms with E-state index in [4.69, 9.17) is 19.9 Å². The van der Waals surface area contributed by atoms with Crippen LogP contribution in [0.25, 0.3) is 0 Å². The van der Waals surface area contributed by atoms with Gasteiger partial charge in [-0.05, 0) is 62.9 Å². The van der Waals surface area contributed by atoms with Crippen LogP contribution in [0.1, 0.15) is 56.6 Å². The van der Waals surface area contributed by atoms with Crippen LogP contribution >= 0.6 is 0 Å². The topological polar surface area (TPSA) is 79.7 Å². The molecule has 0 saturated heterocycles. The van der Waals surface area contributed by atoms with Gasteiger partial charge < -0.3 is 25.7 Å². The summed E-state index contributed by atoms with van der Waals surface area (Å²) in [7, 11) is 4.90. The molecule has 1 aliphatic heterocycles. The summed E-state index contributed by atoms with van der Waals surface area (Å²) in [6.45, 7) is 4.92. The van der Waals surface area contributed by atoms with Gasteiger partial charge in [-0.2, -0.15) is 0 Å². The van der Waals surface area contributed by atoms with Crippen LogP contribution < -0.4 is 20.9 Å². The zero-order valence-corrected chi connectivity index (χ0v) is 18.7. The fourth-order valence-electron chi connectivity index (χ4n) is 4.23. The van der Waals surface area contributed by atoms with Gasteiger partial charge in [0.2, 0.25) is 0 Å². The van der Waals surface area contributed by atoms with Crippen LogP contribution in [0.3, 0.4) is 0 Å². The van der Waals surface area contributed by atoms with E-state index in [1.165, 1.54) is 43.0 Å². The molecule has 5 nitrogen and oxygen atoms in total. The Hall–Kier alpha value is -1.98. The Labute approximate surface area is 176 Å². The van der Waals surface area contributed by atoms with Crippen LogP contribution in [0.5, 0.6) is 11.5 Å². The summed E-state index contributed by atoms with van der Waals surface area (Å²) in [5.41, 5.74) is 14.0. The SMILES string of the molecule is CC.CN.COC1=CC=C2CCc3ccc(OC)c4c3C2C1O4.NCC1CCC1. The molecule has 2 unspecified atom stereocenters. The zero-order chi connectivity index (χ0) is 21.4. The van der Waals surface area contributed by atoms with E-state index in [0.717, 1.165) is 42.6 Å². The Morgan fingerprint density at radius 1 is 1.03 bits per heavy atom. The third-order valence-electron chi connectivity index (χ3n) is 5.95. The average molecular weight is 403 g/mol. The maximum atomic E-state index is 6.17. The van der Waals surface area contributed by atoms with Crippen LogP contribution in [0.2, 0.25) is 0 Å². The highest BCUT2D eigenvalue weighted by Gasteiger charge is 2.45. The second-order valence-electron chi connectivity index (χ2n) is 7.23. The zero-order valence-electron chi connectivity index (χ0n) is 18.7. The van der Waals surface area contributed by atoms with Gasteiger partial charge in [0.05, 0.1) is 20.1 Å². The fraction of sp³-hybridized carbons (Fsp3) is 0.583. The number of allylic oxidation sites excluding steroid dienone is 2. The number of rotatable bonds is 3. The van der Waals surface area contributed by atoms with Crippen molar-refractivity contribution in [2.45, 2.75) is 58.0 Å². The Bertz CT molecular complexity index is 720. The standard InChI is InChI=1S/C16H16O3.C5H11N.C2H6.CH5N/c1-17-11-7-5-9-3-4-10-6-8-12(18-2)16-14(10)13(9)15(11)19-16;6-4-5-2-1-3-5;2*1-2/h5-8,13,15H,3-4H2,1-2H3;5H,1-4,6H2;1-2H3;2H2,1H3. The molecule has 0 radical (unpaired) electrons. The van der Waals surface area contributed by atoms with Crippen molar-refractivity contribution in [3.05, 3.63) is 46.7 Å². The van der Waals surface area contributed by atoms with Crippen molar-refractivity contribution >= 4 is 0 Å². The lowest BCUT2D eigenvalue weighted by atomic mass is 9.75. The van der Waals surface area contributed by atoms with Gasteiger partial charge in [-0.1, -0.05) is 38.0 Å². The van der Waals surface area contributed by atoms with Gasteiger partial charge in [0.25, 0.3) is 0 Å². The molecule has 1 aromatic carbocycles. The largest absolute Gasteiger partial charge is 0.497 e. The highest BCUT2D eigenvalue weighted by atomic mass is 16.6. The number of ether oxygens (including phenoxy) is 3. The van der Waals surface area contributed by atoms with E-state index in [-0.39, 0.29) is 6.10 Å². The first-order chi connectivity index (χ1) is 14.3. The van der Waals surface area contributed by atoms with E-state index in [0.29, 0.717) is 5.92 Å². The van der Waals surface area contributed by atoms with Crippen LogP contribution in [0, 0.1) is 5.92 Å². The minimum Gasteiger partial charge on any atom is -0.497 e. The summed E-state index contributed by atoms with van der Waals surface area (Å²) >= 11 is 0. The average Bonchev–Trinajstić information content (AvgIpc) is 3.16. The van der Waals surface area contributed by atoms with Gasteiger partial charge in [0.15, 0.2) is 17.6 Å². The van der Waals surface area contributed by atoms with Crippen LogP contribution in [0.15, 0.2) is 35.6 Å². The Balaban J connectivity index is 0.000000253. The molecule has 0 spiro atoms. The summed E-state index contributed by atoms with van der Waals surface area (Å²) in [5.74, 6) is 3.84. The van der Waals surface area contributed by atoms with Gasteiger partial charge in [-0.3, -0.25) is 0 Å². The molecule has 1 aromatic rings. The summed E-state index contributed by atoms with van der Waals surface area (Å²) in [5, 5.41) is 0. The van der Waals surface area contributed by atoms with Crippen molar-refractivity contribution in [2.75, 3.05) is 27.8 Å². The Morgan fingerprint density at radius 2 is 1.76 bits per heavy atom. The van der Waals surface area contributed by atoms with Crippen molar-refractivity contribution in [2.24, 2.45) is 17.4 Å². The third-order valence-corrected chi connectivity index (χ3v) is 5.95. The number of hydrogen-bond donors (Lipinski definition) is 2. The quantitative estimate of drug-likeness (QED) is 0.788. The lowest BCUT2D eigenvalue weighted by molar-refractivity contribution is 0.148. The third kappa shape index (κ3) is 4.62. The lowest BCUT2D eigenvalue weighted by Crippen LogP contribution is -2.28. The molecule has 5 rings (SSSR count). The van der Waals surface area contributed by atoms with E-state index in [1.54, 1.807) is 14.2 Å². The second-order valence-corrected chi connectivity index (χ2v) is 7.23. The Kier molecular flexibility index (Phi) is 9.05. The van der Waals surface area contributed by atoms with Crippen molar-refractivity contribution in [1.82, 2.24) is 0 Å². The summed E-state index contributed by atoms with van der Waals surface area (Å²) in [6.07, 6.45) is 10.6. The van der Waals surface area contributed by atoms with Crippen molar-refractivity contribution in [3.63, 3.8) is 0 Å². The smallest absolute Gasteiger partial charge is 0.166 e. The highest BCUT2D eigenvalue weighted by molar-refractivity contribution is 5.62. The van der Waals surface area contributed by atoms with Gasteiger partial charge in [0.1, 0.15) is 5.76 Å². The maximum absolute atomic E-state index is 6.17. The minimum atomic E-state index is -0.0182. The Morgan fingerprint density at radius 3 is 2.28 bits per heavy atom. The van der Waals surface area contributed by atoms with E-state index in [2.05, 4.69) is 17.9 Å². The summed E-state index contributed by atoms with van der Waals surface area (Å²) in [6, 6.07) is 4.18. The number of hydrogen-bond acceptors (Lipinski definition) is 5. The molecule has 4 aliphatic rings. The minimum absolute atomic E-state index is 0.0182. The highest BCUT2D eigenvalue weighted by Crippen LogP contribution is 2.55. The molecule has 3 aliphatic carbocycles. The van der Waals surface area contributed by atoms with Crippen molar-refractivity contribution in [1.29, 1.82) is 0 Å². The van der Waals surface area contributed by atoms with E-state index < -0.39 is 0 Å². The molecular weight excluding hydrogens is 364 g/mol. The molecular formula is C24H38N2O3. The van der Waals surface area contributed by atoms with Crippen LogP contribution in [0.4, 0.5) is 0 Å². The number of benzene rings is 1. The molecule has 0 bridgehead atoms. The van der Waals surface area contributed by atoms with E-state index in [1.807, 2.05) is 26.0 Å². The van der Waals surface area contributed by atoms with Gasteiger partial charge in [-0.25, -0.2) is 0 Å². The van der Waals surface area contributed by atoms with E-state index >= 15 is 0 Å². The molecule has 1 fully saturated rings. The molecule has 1 heterocycles. The van der Waals surface area contributed by atoms with Crippen LogP contribution in [-0.2, 0) is 11.2 Å².